The predicted octanol–water partition coefficient (Wildman–Crippen LogP) is 1.24. The van der Waals surface area contributed by atoms with Crippen LogP contribution in [0.3, 0.4) is 0 Å². The molecule has 0 atom stereocenters. The van der Waals surface area contributed by atoms with E-state index in [0.717, 1.165) is 35.2 Å². The van der Waals surface area contributed by atoms with E-state index in [9.17, 15) is 12.8 Å². The van der Waals surface area contributed by atoms with Crippen molar-refractivity contribution in [3.05, 3.63) is 41.0 Å². The molecule has 0 unspecified atom stereocenters. The maximum Gasteiger partial charge on any atom is 0.242 e. The molecule has 0 amide bonds. The van der Waals surface area contributed by atoms with Crippen LogP contribution in [0.25, 0.3) is 0 Å². The molecule has 1 aromatic carbocycles. The average Bonchev–Trinajstić information content (AvgIpc) is 2.60. The van der Waals surface area contributed by atoms with E-state index in [1.54, 1.807) is 11.7 Å². The number of hydrogen-bond acceptors (Lipinski definition) is 4. The molecule has 114 valence electrons. The van der Waals surface area contributed by atoms with Gasteiger partial charge in [0.25, 0.3) is 0 Å². The second kappa shape index (κ2) is 5.45. The molecule has 0 saturated heterocycles. The molecule has 1 aromatic heterocycles. The van der Waals surface area contributed by atoms with Crippen molar-refractivity contribution in [1.82, 2.24) is 14.5 Å². The number of rotatable bonds is 4. The van der Waals surface area contributed by atoms with Crippen molar-refractivity contribution >= 4 is 15.7 Å². The van der Waals surface area contributed by atoms with E-state index in [1.165, 1.54) is 0 Å². The van der Waals surface area contributed by atoms with E-state index in [0.29, 0.717) is 0 Å². The molecule has 0 aliphatic rings. The Balaban J connectivity index is 2.26. The summed E-state index contributed by atoms with van der Waals surface area (Å²) in [5.74, 6) is -0.578. The lowest BCUT2D eigenvalue weighted by Crippen LogP contribution is -2.24. The van der Waals surface area contributed by atoms with Gasteiger partial charge in [0.1, 0.15) is 10.7 Å². The topological polar surface area (TPSA) is 90.0 Å². The number of halogens is 1. The van der Waals surface area contributed by atoms with Crippen LogP contribution in [0.15, 0.2) is 23.1 Å². The average molecular weight is 312 g/mol. The number of benzene rings is 1. The van der Waals surface area contributed by atoms with Gasteiger partial charge >= 0.3 is 0 Å². The summed E-state index contributed by atoms with van der Waals surface area (Å²) in [6.45, 7) is 3.77. The van der Waals surface area contributed by atoms with Gasteiger partial charge in [0.05, 0.1) is 11.4 Å². The van der Waals surface area contributed by atoms with Crippen LogP contribution in [-0.2, 0) is 23.6 Å². The summed E-state index contributed by atoms with van der Waals surface area (Å²) >= 11 is 0. The van der Waals surface area contributed by atoms with E-state index < -0.39 is 15.8 Å². The van der Waals surface area contributed by atoms with Crippen molar-refractivity contribution < 1.29 is 12.8 Å². The van der Waals surface area contributed by atoms with Crippen LogP contribution in [0, 0.1) is 19.7 Å². The van der Waals surface area contributed by atoms with Crippen LogP contribution in [0.2, 0.25) is 0 Å². The molecule has 0 aliphatic carbocycles. The summed E-state index contributed by atoms with van der Waals surface area (Å²) in [6.07, 6.45) is 0. The summed E-state index contributed by atoms with van der Waals surface area (Å²) in [5, 5.41) is 4.22. The molecule has 0 saturated carbocycles. The third kappa shape index (κ3) is 3.06. The number of sulfonamides is 1. The summed E-state index contributed by atoms with van der Waals surface area (Å²) in [7, 11) is -2.02. The Morgan fingerprint density at radius 2 is 2.05 bits per heavy atom. The van der Waals surface area contributed by atoms with Crippen LogP contribution >= 0.6 is 0 Å². The van der Waals surface area contributed by atoms with Gasteiger partial charge in [-0.1, -0.05) is 0 Å². The first-order valence-electron chi connectivity index (χ1n) is 6.26. The van der Waals surface area contributed by atoms with E-state index >= 15 is 0 Å². The van der Waals surface area contributed by atoms with Gasteiger partial charge in [-0.2, -0.15) is 5.10 Å². The smallest absolute Gasteiger partial charge is 0.242 e. The monoisotopic (exact) mass is 312 g/mol. The van der Waals surface area contributed by atoms with Gasteiger partial charge in [-0.05, 0) is 32.0 Å². The Bertz CT molecular complexity index is 784. The molecule has 0 fully saturated rings. The number of aromatic nitrogens is 2. The van der Waals surface area contributed by atoms with Crippen LogP contribution in [0.4, 0.5) is 10.1 Å². The summed E-state index contributed by atoms with van der Waals surface area (Å²) < 4.78 is 41.6. The molecule has 21 heavy (non-hydrogen) atoms. The Morgan fingerprint density at radius 1 is 1.38 bits per heavy atom. The molecule has 0 aliphatic heterocycles. The summed E-state index contributed by atoms with van der Waals surface area (Å²) in [4.78, 5) is -0.136. The SMILES string of the molecule is Cc1nn(C)c(C)c1CNS(=O)(=O)c1ccc(F)cc1N. The van der Waals surface area contributed by atoms with Gasteiger partial charge in [0.15, 0.2) is 0 Å². The highest BCUT2D eigenvalue weighted by atomic mass is 32.2. The van der Waals surface area contributed by atoms with Gasteiger partial charge in [0, 0.05) is 24.8 Å². The molecular weight excluding hydrogens is 295 g/mol. The molecule has 8 heteroatoms. The standard InChI is InChI=1S/C13H17FN4O2S/c1-8-11(9(2)18(3)17-8)7-16-21(19,20)13-5-4-10(14)6-12(13)15/h4-6,16H,7,15H2,1-3H3. The third-order valence-corrected chi connectivity index (χ3v) is 4.83. The minimum atomic E-state index is -3.81. The molecule has 2 aromatic rings. The van der Waals surface area contributed by atoms with Crippen LogP contribution in [-0.4, -0.2) is 18.2 Å². The summed E-state index contributed by atoms with van der Waals surface area (Å²) in [6, 6.07) is 3.19. The fourth-order valence-electron chi connectivity index (χ4n) is 2.08. The van der Waals surface area contributed by atoms with E-state index in [4.69, 9.17) is 5.73 Å². The zero-order valence-electron chi connectivity index (χ0n) is 12.0. The highest BCUT2D eigenvalue weighted by molar-refractivity contribution is 7.89. The molecule has 6 nitrogen and oxygen atoms in total. The lowest BCUT2D eigenvalue weighted by molar-refractivity contribution is 0.580. The van der Waals surface area contributed by atoms with Gasteiger partial charge in [0.2, 0.25) is 10.0 Å². The number of nitrogen functional groups attached to an aromatic ring is 1. The zero-order chi connectivity index (χ0) is 15.8. The zero-order valence-corrected chi connectivity index (χ0v) is 12.8. The Labute approximate surface area is 122 Å². The Morgan fingerprint density at radius 3 is 2.57 bits per heavy atom. The van der Waals surface area contributed by atoms with Gasteiger partial charge in [-0.15, -0.1) is 0 Å². The largest absolute Gasteiger partial charge is 0.398 e. The number of aryl methyl sites for hydroxylation is 2. The van der Waals surface area contributed by atoms with Gasteiger partial charge in [-0.25, -0.2) is 17.5 Å². The first-order valence-corrected chi connectivity index (χ1v) is 7.74. The van der Waals surface area contributed by atoms with Crippen LogP contribution in [0.5, 0.6) is 0 Å². The molecule has 2 rings (SSSR count). The first kappa shape index (κ1) is 15.5. The fourth-order valence-corrected chi connectivity index (χ4v) is 3.19. The quantitative estimate of drug-likeness (QED) is 0.831. The van der Waals surface area contributed by atoms with E-state index in [-0.39, 0.29) is 17.1 Å². The Hall–Kier alpha value is -1.93. The van der Waals surface area contributed by atoms with Crippen LogP contribution in [0.1, 0.15) is 17.0 Å². The lowest BCUT2D eigenvalue weighted by Gasteiger charge is -2.09. The van der Waals surface area contributed by atoms with Crippen molar-refractivity contribution in [2.24, 2.45) is 7.05 Å². The van der Waals surface area contributed by atoms with E-state index in [2.05, 4.69) is 9.82 Å². The molecular formula is C13H17FN4O2S. The van der Waals surface area contributed by atoms with Crippen LogP contribution < -0.4 is 10.5 Å². The number of nitrogens with zero attached hydrogens (tertiary/aromatic N) is 2. The Kier molecular flexibility index (Phi) is 4.02. The fraction of sp³-hybridized carbons (Fsp3) is 0.308. The summed E-state index contributed by atoms with van der Waals surface area (Å²) in [5.41, 5.74) is 7.88. The molecule has 3 N–H and O–H groups in total. The minimum absolute atomic E-state index is 0.102. The highest BCUT2D eigenvalue weighted by Crippen LogP contribution is 2.20. The van der Waals surface area contributed by atoms with Crippen molar-refractivity contribution in [2.45, 2.75) is 25.3 Å². The number of nitrogens with one attached hydrogen (secondary N) is 1. The second-order valence-corrected chi connectivity index (χ2v) is 6.52. The van der Waals surface area contributed by atoms with Gasteiger partial charge < -0.3 is 5.73 Å². The maximum atomic E-state index is 13.0. The second-order valence-electron chi connectivity index (χ2n) is 4.78. The third-order valence-electron chi connectivity index (χ3n) is 3.36. The van der Waals surface area contributed by atoms with Crippen molar-refractivity contribution in [1.29, 1.82) is 0 Å². The molecule has 0 bridgehead atoms. The predicted molar refractivity (Wildman–Crippen MR) is 77.5 cm³/mol. The number of nitrogens with two attached hydrogens (primary N) is 1. The lowest BCUT2D eigenvalue weighted by atomic mass is 10.2. The van der Waals surface area contributed by atoms with E-state index in [1.807, 2.05) is 13.8 Å². The highest BCUT2D eigenvalue weighted by Gasteiger charge is 2.19. The van der Waals surface area contributed by atoms with Crippen molar-refractivity contribution in [2.75, 3.05) is 5.73 Å². The van der Waals surface area contributed by atoms with Crippen molar-refractivity contribution in [3.8, 4) is 0 Å². The molecule has 0 spiro atoms. The number of hydrogen-bond donors (Lipinski definition) is 2. The minimum Gasteiger partial charge on any atom is -0.398 e. The first-order chi connectivity index (χ1) is 9.72. The van der Waals surface area contributed by atoms with Crippen molar-refractivity contribution in [3.63, 3.8) is 0 Å². The molecule has 1 heterocycles. The normalized spacial score (nSPS) is 11.8. The van der Waals surface area contributed by atoms with Gasteiger partial charge in [-0.3, -0.25) is 4.68 Å². The number of anilines is 1. The molecule has 0 radical (unpaired) electrons. The maximum absolute atomic E-state index is 13.0.